The van der Waals surface area contributed by atoms with Crippen LogP contribution < -0.4 is 5.32 Å². The average molecular weight is 283 g/mol. The van der Waals surface area contributed by atoms with E-state index in [9.17, 15) is 9.59 Å². The normalized spacial score (nSPS) is 22.8. The second kappa shape index (κ2) is 7.74. The summed E-state index contributed by atoms with van der Waals surface area (Å²) in [7, 11) is 0. The highest BCUT2D eigenvalue weighted by Crippen LogP contribution is 2.09. The fourth-order valence-electron chi connectivity index (χ4n) is 2.84. The van der Waals surface area contributed by atoms with Crippen LogP contribution in [0.5, 0.6) is 0 Å². The van der Waals surface area contributed by atoms with E-state index in [1.807, 2.05) is 13.8 Å². The molecule has 2 unspecified atom stereocenters. The van der Waals surface area contributed by atoms with Crippen LogP contribution >= 0.6 is 0 Å². The van der Waals surface area contributed by atoms with Gasteiger partial charge in [-0.1, -0.05) is 20.8 Å². The lowest BCUT2D eigenvalue weighted by Crippen LogP contribution is -2.55. The van der Waals surface area contributed by atoms with Gasteiger partial charge in [-0.25, -0.2) is 0 Å². The molecular weight excluding hydrogens is 254 g/mol. The molecule has 20 heavy (non-hydrogen) atoms. The molecule has 116 valence electrons. The predicted octanol–water partition coefficient (Wildman–Crippen LogP) is 0.742. The third-order valence-corrected chi connectivity index (χ3v) is 4.04. The first-order valence-corrected chi connectivity index (χ1v) is 7.61. The Kier molecular flexibility index (Phi) is 6.62. The van der Waals surface area contributed by atoms with Gasteiger partial charge in [0, 0.05) is 25.7 Å². The Morgan fingerprint density at radius 1 is 1.30 bits per heavy atom. The Bertz CT molecular complexity index is 344. The minimum absolute atomic E-state index is 0.0255. The molecule has 0 aromatic heterocycles. The van der Waals surface area contributed by atoms with Crippen molar-refractivity contribution in [2.75, 3.05) is 32.7 Å². The van der Waals surface area contributed by atoms with Gasteiger partial charge in [-0.05, 0) is 26.3 Å². The lowest BCUT2D eigenvalue weighted by Gasteiger charge is -2.39. The Balaban J connectivity index is 2.45. The van der Waals surface area contributed by atoms with Gasteiger partial charge in [-0.2, -0.15) is 0 Å². The van der Waals surface area contributed by atoms with Crippen LogP contribution in [0.25, 0.3) is 0 Å². The third kappa shape index (κ3) is 4.87. The van der Waals surface area contributed by atoms with E-state index in [0.717, 1.165) is 26.2 Å². The number of ketones is 1. The molecule has 5 heteroatoms. The molecule has 1 heterocycles. The monoisotopic (exact) mass is 283 g/mol. The summed E-state index contributed by atoms with van der Waals surface area (Å²) < 4.78 is 0. The number of hydrogen-bond acceptors (Lipinski definition) is 4. The van der Waals surface area contributed by atoms with Crippen molar-refractivity contribution >= 4 is 11.7 Å². The van der Waals surface area contributed by atoms with Gasteiger partial charge in [-0.15, -0.1) is 0 Å². The molecule has 1 aliphatic heterocycles. The highest BCUT2D eigenvalue weighted by Gasteiger charge is 2.25. The fourth-order valence-corrected chi connectivity index (χ4v) is 2.84. The predicted molar refractivity (Wildman–Crippen MR) is 80.6 cm³/mol. The molecule has 1 rings (SSSR count). The van der Waals surface area contributed by atoms with Crippen LogP contribution in [0.15, 0.2) is 0 Å². The number of rotatable bonds is 6. The lowest BCUT2D eigenvalue weighted by molar-refractivity contribution is -0.128. The summed E-state index contributed by atoms with van der Waals surface area (Å²) in [6, 6.07) is 0.118. The van der Waals surface area contributed by atoms with E-state index in [2.05, 4.69) is 29.0 Å². The van der Waals surface area contributed by atoms with Crippen LogP contribution in [-0.2, 0) is 9.59 Å². The van der Waals surface area contributed by atoms with Gasteiger partial charge in [0.2, 0.25) is 5.91 Å². The molecule has 1 aliphatic rings. The van der Waals surface area contributed by atoms with E-state index in [-0.39, 0.29) is 23.7 Å². The molecule has 0 bridgehead atoms. The van der Waals surface area contributed by atoms with E-state index < -0.39 is 0 Å². The summed E-state index contributed by atoms with van der Waals surface area (Å²) in [5, 5.41) is 2.86. The van der Waals surface area contributed by atoms with Crippen LogP contribution in [-0.4, -0.2) is 66.3 Å². The van der Waals surface area contributed by atoms with Crippen molar-refractivity contribution in [2.24, 2.45) is 5.92 Å². The summed E-state index contributed by atoms with van der Waals surface area (Å²) in [4.78, 5) is 28.2. The first-order chi connectivity index (χ1) is 9.35. The number of nitrogens with zero attached hydrogens (tertiary/aromatic N) is 2. The fraction of sp³-hybridized carbons (Fsp3) is 0.867. The Morgan fingerprint density at radius 2 is 1.95 bits per heavy atom. The van der Waals surface area contributed by atoms with E-state index >= 15 is 0 Å². The zero-order valence-electron chi connectivity index (χ0n) is 13.5. The van der Waals surface area contributed by atoms with Gasteiger partial charge in [0.1, 0.15) is 0 Å². The van der Waals surface area contributed by atoms with Gasteiger partial charge in [-0.3, -0.25) is 19.4 Å². The van der Waals surface area contributed by atoms with Gasteiger partial charge >= 0.3 is 0 Å². The first-order valence-electron chi connectivity index (χ1n) is 7.61. The van der Waals surface area contributed by atoms with Crippen molar-refractivity contribution in [1.29, 1.82) is 0 Å². The summed E-state index contributed by atoms with van der Waals surface area (Å²) in [6.07, 6.45) is 0. The molecule has 0 aliphatic carbocycles. The third-order valence-electron chi connectivity index (χ3n) is 4.04. The SMILES string of the molecule is CCN1CCN(CC(=O)NC(C(C)=O)C(C)C)CC1C. The highest BCUT2D eigenvalue weighted by atomic mass is 16.2. The molecule has 1 amide bonds. The van der Waals surface area contributed by atoms with Crippen molar-refractivity contribution in [1.82, 2.24) is 15.1 Å². The smallest absolute Gasteiger partial charge is 0.234 e. The molecule has 5 nitrogen and oxygen atoms in total. The molecule has 0 spiro atoms. The van der Waals surface area contributed by atoms with Gasteiger partial charge in [0.25, 0.3) is 0 Å². The second-order valence-corrected chi connectivity index (χ2v) is 6.11. The van der Waals surface area contributed by atoms with Gasteiger partial charge in [0.05, 0.1) is 12.6 Å². The summed E-state index contributed by atoms with van der Waals surface area (Å²) >= 11 is 0. The summed E-state index contributed by atoms with van der Waals surface area (Å²) in [6.45, 7) is 14.1. The largest absolute Gasteiger partial charge is 0.345 e. The lowest BCUT2D eigenvalue weighted by atomic mass is 10.0. The number of likely N-dealkylation sites (N-methyl/N-ethyl adjacent to an activating group) is 1. The maximum atomic E-state index is 12.1. The minimum Gasteiger partial charge on any atom is -0.345 e. The number of Topliss-reactive ketones (excluding diaryl/α,β-unsaturated/α-hetero) is 1. The maximum absolute atomic E-state index is 12.1. The second-order valence-electron chi connectivity index (χ2n) is 6.11. The molecular formula is C15H29N3O2. The maximum Gasteiger partial charge on any atom is 0.234 e. The van der Waals surface area contributed by atoms with Crippen molar-refractivity contribution in [3.63, 3.8) is 0 Å². The Morgan fingerprint density at radius 3 is 2.40 bits per heavy atom. The number of amides is 1. The number of hydrogen-bond donors (Lipinski definition) is 1. The first kappa shape index (κ1) is 17.1. The molecule has 1 fully saturated rings. The van der Waals surface area contributed by atoms with Crippen molar-refractivity contribution in [2.45, 2.75) is 46.7 Å². The molecule has 0 aromatic rings. The number of carbonyl (C=O) groups excluding carboxylic acids is 2. The molecule has 0 aromatic carbocycles. The average Bonchev–Trinajstić information content (AvgIpc) is 2.35. The van der Waals surface area contributed by atoms with Crippen LogP contribution in [0.3, 0.4) is 0 Å². The topological polar surface area (TPSA) is 52.6 Å². The molecule has 1 N–H and O–H groups in total. The summed E-state index contributed by atoms with van der Waals surface area (Å²) in [5.41, 5.74) is 0. The van der Waals surface area contributed by atoms with Gasteiger partial charge < -0.3 is 5.32 Å². The van der Waals surface area contributed by atoms with E-state index in [1.165, 1.54) is 6.92 Å². The number of piperazine rings is 1. The standard InChI is InChI=1S/C15H29N3O2/c1-6-18-8-7-17(9-12(18)4)10-14(20)16-15(11(2)3)13(5)19/h11-12,15H,6-10H2,1-5H3,(H,16,20). The zero-order valence-corrected chi connectivity index (χ0v) is 13.5. The van der Waals surface area contributed by atoms with E-state index in [0.29, 0.717) is 12.6 Å². The van der Waals surface area contributed by atoms with Crippen molar-refractivity contribution in [3.05, 3.63) is 0 Å². The van der Waals surface area contributed by atoms with Crippen LogP contribution in [0, 0.1) is 5.92 Å². The van der Waals surface area contributed by atoms with E-state index in [4.69, 9.17) is 0 Å². The van der Waals surface area contributed by atoms with Gasteiger partial charge in [0.15, 0.2) is 5.78 Å². The molecule has 0 radical (unpaired) electrons. The van der Waals surface area contributed by atoms with Crippen LogP contribution in [0.2, 0.25) is 0 Å². The minimum atomic E-state index is -0.364. The van der Waals surface area contributed by atoms with Crippen LogP contribution in [0.1, 0.15) is 34.6 Å². The summed E-state index contributed by atoms with van der Waals surface area (Å²) in [5.74, 6) is 0.112. The highest BCUT2D eigenvalue weighted by molar-refractivity contribution is 5.88. The zero-order chi connectivity index (χ0) is 15.3. The quantitative estimate of drug-likeness (QED) is 0.781. The number of nitrogens with one attached hydrogen (secondary N) is 1. The van der Waals surface area contributed by atoms with Crippen molar-refractivity contribution < 1.29 is 9.59 Å². The molecule has 0 saturated carbocycles. The molecule has 1 saturated heterocycles. The Labute approximate surface area is 122 Å². The Hall–Kier alpha value is -0.940. The van der Waals surface area contributed by atoms with Crippen molar-refractivity contribution in [3.8, 4) is 0 Å². The number of carbonyl (C=O) groups is 2. The molecule has 2 atom stereocenters. The van der Waals surface area contributed by atoms with E-state index in [1.54, 1.807) is 0 Å². The van der Waals surface area contributed by atoms with Crippen LogP contribution in [0.4, 0.5) is 0 Å².